The number of likely N-dealkylation sites (N-methyl/N-ethyl adjacent to an activating group) is 1. The lowest BCUT2D eigenvalue weighted by Crippen LogP contribution is -2.46. The van der Waals surface area contributed by atoms with Gasteiger partial charge in [0.2, 0.25) is 11.8 Å². The van der Waals surface area contributed by atoms with Crippen molar-refractivity contribution in [2.24, 2.45) is 23.0 Å². The fourth-order valence-electron chi connectivity index (χ4n) is 6.58. The van der Waals surface area contributed by atoms with Gasteiger partial charge in [-0.25, -0.2) is 0 Å². The van der Waals surface area contributed by atoms with E-state index in [0.29, 0.717) is 30.0 Å². The predicted molar refractivity (Wildman–Crippen MR) is 143 cm³/mol. The molecule has 1 aliphatic carbocycles. The lowest BCUT2D eigenvalue weighted by Gasteiger charge is -2.36. The summed E-state index contributed by atoms with van der Waals surface area (Å²) in [7, 11) is 0. The van der Waals surface area contributed by atoms with Gasteiger partial charge in [-0.1, -0.05) is 27.7 Å². The smallest absolute Gasteiger partial charge is 0.249 e. The summed E-state index contributed by atoms with van der Waals surface area (Å²) in [5.74, 6) is -0.432. The van der Waals surface area contributed by atoms with E-state index in [-0.39, 0.29) is 35.7 Å². The third-order valence-electron chi connectivity index (χ3n) is 8.71. The number of nitrogens with zero attached hydrogens (tertiary/aromatic N) is 3. The molecule has 37 heavy (non-hydrogen) atoms. The quantitative estimate of drug-likeness (QED) is 0.606. The Kier molecular flexibility index (Phi) is 7.09. The summed E-state index contributed by atoms with van der Waals surface area (Å²) < 4.78 is 5.92. The number of piperazine rings is 1. The van der Waals surface area contributed by atoms with Gasteiger partial charge in [0.15, 0.2) is 5.78 Å². The molecule has 3 aliphatic heterocycles. The van der Waals surface area contributed by atoms with Gasteiger partial charge in [-0.2, -0.15) is 0 Å². The Hall–Kier alpha value is -2.45. The van der Waals surface area contributed by atoms with E-state index in [2.05, 4.69) is 37.5 Å². The summed E-state index contributed by atoms with van der Waals surface area (Å²) in [6.07, 6.45) is 2.63. The number of benzene rings is 1. The third-order valence-corrected chi connectivity index (χ3v) is 8.71. The van der Waals surface area contributed by atoms with Gasteiger partial charge < -0.3 is 25.2 Å². The van der Waals surface area contributed by atoms with E-state index in [1.165, 1.54) is 0 Å². The summed E-state index contributed by atoms with van der Waals surface area (Å²) in [4.78, 5) is 46.4. The summed E-state index contributed by atoms with van der Waals surface area (Å²) in [6, 6.07) is 5.23. The van der Waals surface area contributed by atoms with Crippen LogP contribution in [0.25, 0.3) is 0 Å². The van der Waals surface area contributed by atoms with Crippen molar-refractivity contribution in [1.82, 2.24) is 9.80 Å². The number of fused-ring (bicyclic) bond motifs is 1. The van der Waals surface area contributed by atoms with Gasteiger partial charge in [-0.05, 0) is 60.9 Å². The molecular weight excluding hydrogens is 468 g/mol. The number of hydrogen-bond donors (Lipinski definition) is 1. The lowest BCUT2D eigenvalue weighted by molar-refractivity contribution is -0.138. The van der Waals surface area contributed by atoms with Crippen molar-refractivity contribution in [1.29, 1.82) is 0 Å². The van der Waals surface area contributed by atoms with Crippen LogP contribution in [0.2, 0.25) is 0 Å². The Morgan fingerprint density at radius 1 is 1.14 bits per heavy atom. The van der Waals surface area contributed by atoms with Crippen molar-refractivity contribution in [3.05, 3.63) is 29.3 Å². The molecule has 202 valence electrons. The predicted octanol–water partition coefficient (Wildman–Crippen LogP) is 2.65. The van der Waals surface area contributed by atoms with E-state index < -0.39 is 17.9 Å². The summed E-state index contributed by atoms with van der Waals surface area (Å²) in [5.41, 5.74) is 7.76. The molecule has 8 nitrogen and oxygen atoms in total. The van der Waals surface area contributed by atoms with Crippen LogP contribution in [0.1, 0.15) is 68.8 Å². The Morgan fingerprint density at radius 2 is 1.84 bits per heavy atom. The molecule has 2 N–H and O–H groups in total. The largest absolute Gasteiger partial charge is 0.369 e. The highest BCUT2D eigenvalue weighted by atomic mass is 16.5. The summed E-state index contributed by atoms with van der Waals surface area (Å²) >= 11 is 0. The highest BCUT2D eigenvalue weighted by Crippen LogP contribution is 2.47. The van der Waals surface area contributed by atoms with Crippen molar-refractivity contribution < 1.29 is 19.1 Å². The molecule has 1 aromatic carbocycles. The zero-order chi connectivity index (χ0) is 26.5. The number of ketones is 1. The number of anilines is 1. The number of rotatable bonds is 7. The first-order chi connectivity index (χ1) is 17.6. The van der Waals surface area contributed by atoms with Gasteiger partial charge >= 0.3 is 0 Å². The van der Waals surface area contributed by atoms with Gasteiger partial charge in [0.1, 0.15) is 12.6 Å². The van der Waals surface area contributed by atoms with Crippen LogP contribution >= 0.6 is 0 Å². The molecule has 1 aromatic rings. The summed E-state index contributed by atoms with van der Waals surface area (Å²) in [6.45, 7) is 13.9. The number of amides is 2. The zero-order valence-corrected chi connectivity index (χ0v) is 22.7. The summed E-state index contributed by atoms with van der Waals surface area (Å²) in [5, 5.41) is 0. The van der Waals surface area contributed by atoms with Crippen LogP contribution in [0.15, 0.2) is 18.2 Å². The van der Waals surface area contributed by atoms with Crippen molar-refractivity contribution in [3.8, 4) is 0 Å². The molecule has 8 heteroatoms. The van der Waals surface area contributed by atoms with E-state index in [1.54, 1.807) is 11.0 Å². The van der Waals surface area contributed by atoms with E-state index in [9.17, 15) is 14.4 Å². The number of primary amides is 1. The molecule has 3 heterocycles. The maximum absolute atomic E-state index is 14.4. The number of carbonyl (C=O) groups excluding carboxylic acids is 3. The molecule has 0 spiro atoms. The zero-order valence-electron chi connectivity index (χ0n) is 22.7. The average molecular weight is 511 g/mol. The minimum absolute atomic E-state index is 0.00585. The number of carbonyl (C=O) groups is 3. The molecule has 4 fully saturated rings. The van der Waals surface area contributed by atoms with Gasteiger partial charge in [0.25, 0.3) is 0 Å². The molecule has 0 aromatic heterocycles. The highest BCUT2D eigenvalue weighted by Gasteiger charge is 2.56. The monoisotopic (exact) mass is 510 g/mol. The van der Waals surface area contributed by atoms with E-state index in [0.717, 1.165) is 51.3 Å². The van der Waals surface area contributed by atoms with Crippen molar-refractivity contribution in [3.63, 3.8) is 0 Å². The number of likely N-dealkylation sites (tertiary alicyclic amines) is 1. The molecule has 0 unspecified atom stereocenters. The third kappa shape index (κ3) is 5.28. The van der Waals surface area contributed by atoms with Crippen molar-refractivity contribution in [2.75, 3.05) is 50.8 Å². The standard InChI is InChI=1S/C29H42N4O4/c1-5-31-10-12-32(13-11-31)19-8-9-20(27(30)35)21(14-19)22(15-29(2,3)4)28(36)33-16-23(18-6-7-18)26-25(33)24(34)17-37-26/h8-9,14,18,22-23,25-26H,5-7,10-13,15-17H2,1-4H3,(H2,30,35)/t22-,23-,25+,26+/m0/s1. The normalized spacial score (nSPS) is 27.5. The molecule has 3 saturated heterocycles. The van der Waals surface area contributed by atoms with Crippen LogP contribution in [-0.2, 0) is 14.3 Å². The first-order valence-electron chi connectivity index (χ1n) is 13.9. The number of Topliss-reactive ketones (excluding diaryl/α,β-unsaturated/α-hetero) is 1. The minimum Gasteiger partial charge on any atom is -0.369 e. The van der Waals surface area contributed by atoms with E-state index >= 15 is 0 Å². The number of hydrogen-bond acceptors (Lipinski definition) is 6. The minimum atomic E-state index is -0.564. The van der Waals surface area contributed by atoms with Crippen LogP contribution < -0.4 is 10.6 Å². The first-order valence-corrected chi connectivity index (χ1v) is 13.9. The van der Waals surface area contributed by atoms with Crippen molar-refractivity contribution in [2.45, 2.75) is 65.0 Å². The number of ether oxygens (including phenoxy) is 1. The maximum Gasteiger partial charge on any atom is 0.249 e. The molecular formula is C29H42N4O4. The fourth-order valence-corrected chi connectivity index (χ4v) is 6.58. The maximum atomic E-state index is 14.4. The molecule has 0 radical (unpaired) electrons. The van der Waals surface area contributed by atoms with Crippen LogP contribution in [0.3, 0.4) is 0 Å². The van der Waals surface area contributed by atoms with E-state index in [1.807, 2.05) is 12.1 Å². The van der Waals surface area contributed by atoms with Crippen LogP contribution in [0.4, 0.5) is 5.69 Å². The second-order valence-electron chi connectivity index (χ2n) is 12.6. The fraction of sp³-hybridized carbons (Fsp3) is 0.690. The molecule has 4 aliphatic rings. The van der Waals surface area contributed by atoms with Gasteiger partial charge in [-0.15, -0.1) is 0 Å². The Balaban J connectivity index is 1.50. The van der Waals surface area contributed by atoms with Crippen LogP contribution in [0, 0.1) is 17.3 Å². The Bertz CT molecular complexity index is 1050. The highest BCUT2D eigenvalue weighted by molar-refractivity contribution is 5.99. The SMILES string of the molecule is CCN1CCN(c2ccc(C(N)=O)c([C@H](CC(C)(C)C)C(=O)N3C[C@@H](C4CC4)[C@H]4OCC(=O)[C@H]43)c2)CC1. The average Bonchev–Trinajstić information content (AvgIpc) is 3.54. The molecule has 2 amide bonds. The second kappa shape index (κ2) is 10.0. The molecule has 0 bridgehead atoms. The topological polar surface area (TPSA) is 96.2 Å². The molecule has 4 atom stereocenters. The van der Waals surface area contributed by atoms with Gasteiger partial charge in [-0.3, -0.25) is 14.4 Å². The first kappa shape index (κ1) is 26.2. The van der Waals surface area contributed by atoms with Crippen molar-refractivity contribution >= 4 is 23.3 Å². The van der Waals surface area contributed by atoms with Crippen LogP contribution in [0.5, 0.6) is 0 Å². The Labute approximate surface area is 220 Å². The van der Waals surface area contributed by atoms with Gasteiger partial charge in [0.05, 0.1) is 12.0 Å². The van der Waals surface area contributed by atoms with E-state index in [4.69, 9.17) is 10.5 Å². The Morgan fingerprint density at radius 3 is 2.43 bits per heavy atom. The number of nitrogens with two attached hydrogens (primary N) is 1. The van der Waals surface area contributed by atoms with Crippen LogP contribution in [-0.4, -0.2) is 85.4 Å². The lowest BCUT2D eigenvalue weighted by atomic mass is 9.79. The second-order valence-corrected chi connectivity index (χ2v) is 12.6. The molecule has 1 saturated carbocycles. The van der Waals surface area contributed by atoms with Gasteiger partial charge in [0, 0.05) is 49.9 Å². The molecule has 5 rings (SSSR count).